The van der Waals surface area contributed by atoms with E-state index in [9.17, 15) is 0 Å². The van der Waals surface area contributed by atoms with E-state index in [-0.39, 0.29) is 5.60 Å². The predicted molar refractivity (Wildman–Crippen MR) is 78.0 cm³/mol. The molecule has 0 radical (unpaired) electrons. The first kappa shape index (κ1) is 11.7. The molecular weight excluding hydrogens is 264 g/mol. The summed E-state index contributed by atoms with van der Waals surface area (Å²) in [5, 5.41) is 4.66. The van der Waals surface area contributed by atoms with Gasteiger partial charge in [-0.3, -0.25) is 4.90 Å². The molecule has 0 unspecified atom stereocenters. The van der Waals surface area contributed by atoms with Crippen molar-refractivity contribution < 1.29 is 4.74 Å². The third-order valence-corrected chi connectivity index (χ3v) is 5.20. The normalized spacial score (nSPS) is 33.1. The zero-order chi connectivity index (χ0) is 13.9. The van der Waals surface area contributed by atoms with Crippen LogP contribution < -0.4 is 4.74 Å². The van der Waals surface area contributed by atoms with Crippen molar-refractivity contribution in [3.05, 3.63) is 30.3 Å². The van der Waals surface area contributed by atoms with Gasteiger partial charge in [-0.15, -0.1) is 5.10 Å². The van der Waals surface area contributed by atoms with Crippen LogP contribution in [-0.2, 0) is 6.54 Å². The fraction of sp³-hybridized carbons (Fsp3) is 0.500. The molecule has 4 aliphatic rings. The fourth-order valence-electron chi connectivity index (χ4n) is 4.10. The summed E-state index contributed by atoms with van der Waals surface area (Å²) in [7, 11) is 0. The number of benzene rings is 1. The van der Waals surface area contributed by atoms with Crippen LogP contribution in [0.4, 0.5) is 0 Å². The van der Waals surface area contributed by atoms with Gasteiger partial charge in [-0.05, 0) is 25.9 Å². The summed E-state index contributed by atoms with van der Waals surface area (Å²) < 4.78 is 8.28. The number of aromatic nitrogens is 3. The molecule has 0 amide bonds. The van der Waals surface area contributed by atoms with E-state index in [2.05, 4.69) is 15.0 Å². The molecule has 108 valence electrons. The van der Waals surface area contributed by atoms with E-state index in [4.69, 9.17) is 4.74 Å². The summed E-state index contributed by atoms with van der Waals surface area (Å²) in [5.41, 5.74) is 0.979. The number of piperidine rings is 3. The number of hydrogen-bond donors (Lipinski definition) is 0. The summed E-state index contributed by atoms with van der Waals surface area (Å²) in [6.45, 7) is 4.33. The van der Waals surface area contributed by atoms with Gasteiger partial charge in [-0.1, -0.05) is 30.3 Å². The first-order valence-electron chi connectivity index (χ1n) is 7.74. The lowest BCUT2D eigenvalue weighted by atomic mass is 9.75. The molecule has 1 spiro atoms. The fourth-order valence-corrected chi connectivity index (χ4v) is 4.10. The van der Waals surface area contributed by atoms with Gasteiger partial charge in [-0.2, -0.15) is 4.98 Å². The van der Waals surface area contributed by atoms with Crippen LogP contribution in [0.5, 0.6) is 6.01 Å². The Labute approximate surface area is 123 Å². The van der Waals surface area contributed by atoms with Crippen molar-refractivity contribution in [3.63, 3.8) is 0 Å². The van der Waals surface area contributed by atoms with Crippen molar-refractivity contribution in [3.8, 4) is 17.4 Å². The van der Waals surface area contributed by atoms with Gasteiger partial charge >= 0.3 is 6.01 Å². The second kappa shape index (κ2) is 4.07. The molecule has 3 saturated heterocycles. The average Bonchev–Trinajstić information content (AvgIpc) is 3.05. The average molecular weight is 282 g/mol. The molecule has 5 heterocycles. The minimum absolute atomic E-state index is 0.0684. The molecule has 2 aromatic rings. The molecule has 5 nitrogen and oxygen atoms in total. The molecule has 2 bridgehead atoms. The lowest BCUT2D eigenvalue weighted by molar-refractivity contribution is -0.0838. The molecule has 0 saturated carbocycles. The highest BCUT2D eigenvalue weighted by molar-refractivity contribution is 5.54. The summed E-state index contributed by atoms with van der Waals surface area (Å²) in [6, 6.07) is 10.8. The van der Waals surface area contributed by atoms with Crippen LogP contribution in [0.2, 0.25) is 0 Å². The van der Waals surface area contributed by atoms with E-state index in [0.29, 0.717) is 11.9 Å². The second-order valence-electron chi connectivity index (χ2n) is 6.46. The maximum atomic E-state index is 6.32. The maximum absolute atomic E-state index is 6.32. The molecule has 6 rings (SSSR count). The molecule has 1 aromatic heterocycles. The smallest absolute Gasteiger partial charge is 0.316 e. The van der Waals surface area contributed by atoms with E-state index < -0.39 is 0 Å². The lowest BCUT2D eigenvalue weighted by Crippen LogP contribution is -2.61. The molecule has 3 fully saturated rings. The Hall–Kier alpha value is -1.88. The molecular formula is C16H18N4O. The van der Waals surface area contributed by atoms with Crippen LogP contribution in [0, 0.1) is 5.92 Å². The molecule has 21 heavy (non-hydrogen) atoms. The van der Waals surface area contributed by atoms with Gasteiger partial charge < -0.3 is 4.74 Å². The van der Waals surface area contributed by atoms with Gasteiger partial charge in [0, 0.05) is 18.0 Å². The summed E-state index contributed by atoms with van der Waals surface area (Å²) in [6.07, 6.45) is 2.49. The van der Waals surface area contributed by atoms with Crippen molar-refractivity contribution >= 4 is 0 Å². The second-order valence-corrected chi connectivity index (χ2v) is 6.46. The zero-order valence-corrected chi connectivity index (χ0v) is 11.9. The van der Waals surface area contributed by atoms with E-state index in [1.54, 1.807) is 0 Å². The molecule has 1 atom stereocenters. The summed E-state index contributed by atoms with van der Waals surface area (Å²) in [4.78, 5) is 7.12. The number of nitrogens with zero attached hydrogens (tertiary/aromatic N) is 4. The van der Waals surface area contributed by atoms with Gasteiger partial charge in [0.15, 0.2) is 5.82 Å². The Kier molecular flexibility index (Phi) is 2.28. The third-order valence-electron chi connectivity index (χ3n) is 5.20. The van der Waals surface area contributed by atoms with Crippen LogP contribution in [0.25, 0.3) is 11.4 Å². The standard InChI is InChI=1S/C16H18N4O/c1-2-4-12(5-3-1)14-17-15-20(18-14)11-16(21-15)10-19-8-6-13(16)7-9-19/h1-5,13H,6-11H2/t16-/m0/s1. The minimum atomic E-state index is -0.0684. The molecule has 0 aliphatic carbocycles. The van der Waals surface area contributed by atoms with Crippen LogP contribution in [0.1, 0.15) is 12.8 Å². The molecule has 5 heteroatoms. The van der Waals surface area contributed by atoms with Crippen molar-refractivity contribution in [1.29, 1.82) is 0 Å². The van der Waals surface area contributed by atoms with Crippen molar-refractivity contribution in [2.75, 3.05) is 19.6 Å². The summed E-state index contributed by atoms with van der Waals surface area (Å²) in [5.74, 6) is 1.42. The zero-order valence-electron chi connectivity index (χ0n) is 11.9. The predicted octanol–water partition coefficient (Wildman–Crippen LogP) is 1.80. The van der Waals surface area contributed by atoms with Gasteiger partial charge in [0.1, 0.15) is 5.60 Å². The van der Waals surface area contributed by atoms with Crippen molar-refractivity contribution in [2.45, 2.75) is 25.0 Å². The van der Waals surface area contributed by atoms with Gasteiger partial charge in [0.25, 0.3) is 0 Å². The number of fused-ring (bicyclic) bond motifs is 3. The largest absolute Gasteiger partial charge is 0.453 e. The molecule has 4 aliphatic heterocycles. The van der Waals surface area contributed by atoms with Crippen LogP contribution in [-0.4, -0.2) is 44.9 Å². The minimum Gasteiger partial charge on any atom is -0.453 e. The Balaban J connectivity index is 1.46. The quantitative estimate of drug-likeness (QED) is 0.800. The first-order valence-corrected chi connectivity index (χ1v) is 7.74. The van der Waals surface area contributed by atoms with E-state index in [1.165, 1.54) is 25.9 Å². The Morgan fingerprint density at radius 3 is 2.57 bits per heavy atom. The topological polar surface area (TPSA) is 43.2 Å². The molecule has 1 aromatic carbocycles. The van der Waals surface area contributed by atoms with Gasteiger partial charge in [-0.25, -0.2) is 4.68 Å². The van der Waals surface area contributed by atoms with E-state index in [0.717, 1.165) is 24.5 Å². The maximum Gasteiger partial charge on any atom is 0.316 e. The summed E-state index contributed by atoms with van der Waals surface area (Å²) >= 11 is 0. The Bertz CT molecular complexity index is 649. The highest BCUT2D eigenvalue weighted by Gasteiger charge is 2.53. The number of hydrogen-bond acceptors (Lipinski definition) is 4. The van der Waals surface area contributed by atoms with Crippen molar-refractivity contribution in [1.82, 2.24) is 19.7 Å². The van der Waals surface area contributed by atoms with Crippen LogP contribution >= 0.6 is 0 Å². The van der Waals surface area contributed by atoms with Gasteiger partial charge in [0.2, 0.25) is 0 Å². The van der Waals surface area contributed by atoms with E-state index >= 15 is 0 Å². The molecule has 0 N–H and O–H groups in total. The third kappa shape index (κ3) is 1.67. The Morgan fingerprint density at radius 2 is 1.90 bits per heavy atom. The first-order chi connectivity index (χ1) is 10.3. The highest BCUT2D eigenvalue weighted by atomic mass is 16.5. The van der Waals surface area contributed by atoms with Gasteiger partial charge in [0.05, 0.1) is 6.54 Å². The van der Waals surface area contributed by atoms with Crippen molar-refractivity contribution in [2.24, 2.45) is 5.92 Å². The SMILES string of the molecule is c1ccc(-c2nc3n(n2)C[C@]2(CN4CCC2CC4)O3)cc1. The number of ether oxygens (including phenoxy) is 1. The monoisotopic (exact) mass is 282 g/mol. The highest BCUT2D eigenvalue weighted by Crippen LogP contribution is 2.43. The van der Waals surface area contributed by atoms with E-state index in [1.807, 2.05) is 35.0 Å². The van der Waals surface area contributed by atoms with Crippen LogP contribution in [0.3, 0.4) is 0 Å². The van der Waals surface area contributed by atoms with Crippen LogP contribution in [0.15, 0.2) is 30.3 Å². The lowest BCUT2D eigenvalue weighted by Gasteiger charge is -2.49. The Morgan fingerprint density at radius 1 is 1.10 bits per heavy atom. The number of rotatable bonds is 1.